The number of carbonyl (C=O) groups is 1. The number of hydrogen-bond acceptors (Lipinski definition) is 6. The van der Waals surface area contributed by atoms with Crippen molar-refractivity contribution in [2.75, 3.05) is 26.7 Å². The third kappa shape index (κ3) is 2.18. The number of morpholine rings is 1. The second-order valence-corrected chi connectivity index (χ2v) is 5.02. The molecule has 1 saturated heterocycles. The standard InChI is InChI=1S/C12H17N3O3/c1-15-5-6-17-10(7-15)11-13-12(18-14-11)8-3-2-4-9(8)16/h8,10H,2-7H2,1H3. The highest BCUT2D eigenvalue weighted by molar-refractivity contribution is 5.86. The quantitative estimate of drug-likeness (QED) is 0.778. The van der Waals surface area contributed by atoms with Gasteiger partial charge < -0.3 is 14.2 Å². The van der Waals surface area contributed by atoms with Gasteiger partial charge in [-0.25, -0.2) is 0 Å². The van der Waals surface area contributed by atoms with Crippen molar-refractivity contribution in [1.29, 1.82) is 0 Å². The van der Waals surface area contributed by atoms with Gasteiger partial charge in [-0.1, -0.05) is 5.16 Å². The maximum absolute atomic E-state index is 11.6. The fourth-order valence-electron chi connectivity index (χ4n) is 2.53. The predicted octanol–water partition coefficient (Wildman–Crippen LogP) is 0.909. The van der Waals surface area contributed by atoms with Crippen molar-refractivity contribution in [2.45, 2.75) is 31.3 Å². The Morgan fingerprint density at radius 2 is 2.33 bits per heavy atom. The third-order valence-corrected chi connectivity index (χ3v) is 3.62. The zero-order chi connectivity index (χ0) is 12.5. The zero-order valence-electron chi connectivity index (χ0n) is 10.5. The zero-order valence-corrected chi connectivity index (χ0v) is 10.5. The van der Waals surface area contributed by atoms with Gasteiger partial charge in [0.25, 0.3) is 0 Å². The lowest BCUT2D eigenvalue weighted by Crippen LogP contribution is -2.35. The van der Waals surface area contributed by atoms with E-state index in [1.165, 1.54) is 0 Å². The van der Waals surface area contributed by atoms with Crippen LogP contribution in [0.1, 0.15) is 43.0 Å². The first-order valence-corrected chi connectivity index (χ1v) is 6.40. The van der Waals surface area contributed by atoms with Crippen LogP contribution in [-0.4, -0.2) is 47.6 Å². The minimum atomic E-state index is -0.187. The lowest BCUT2D eigenvalue weighted by atomic mass is 10.1. The number of ketones is 1. The van der Waals surface area contributed by atoms with Gasteiger partial charge in [0.2, 0.25) is 11.7 Å². The Balaban J connectivity index is 1.74. The molecule has 0 N–H and O–H groups in total. The Morgan fingerprint density at radius 3 is 3.06 bits per heavy atom. The highest BCUT2D eigenvalue weighted by atomic mass is 16.5. The van der Waals surface area contributed by atoms with Crippen LogP contribution in [0.2, 0.25) is 0 Å². The van der Waals surface area contributed by atoms with Crippen molar-refractivity contribution in [2.24, 2.45) is 0 Å². The van der Waals surface area contributed by atoms with Gasteiger partial charge in [-0.05, 0) is 19.9 Å². The molecule has 0 spiro atoms. The van der Waals surface area contributed by atoms with Gasteiger partial charge in [-0.3, -0.25) is 4.79 Å². The fourth-order valence-corrected chi connectivity index (χ4v) is 2.53. The monoisotopic (exact) mass is 251 g/mol. The summed E-state index contributed by atoms with van der Waals surface area (Å²) in [6.07, 6.45) is 2.23. The predicted molar refractivity (Wildman–Crippen MR) is 62.1 cm³/mol. The minimum absolute atomic E-state index is 0.141. The number of likely N-dealkylation sites (N-methyl/N-ethyl adjacent to an activating group) is 1. The topological polar surface area (TPSA) is 68.5 Å². The lowest BCUT2D eigenvalue weighted by Gasteiger charge is -2.27. The highest BCUT2D eigenvalue weighted by Gasteiger charge is 2.32. The molecule has 2 heterocycles. The largest absolute Gasteiger partial charge is 0.367 e. The molecule has 1 aromatic heterocycles. The van der Waals surface area contributed by atoms with Gasteiger partial charge in [0, 0.05) is 19.5 Å². The lowest BCUT2D eigenvalue weighted by molar-refractivity contribution is -0.119. The molecule has 1 aliphatic heterocycles. The fraction of sp³-hybridized carbons (Fsp3) is 0.750. The normalized spacial score (nSPS) is 29.9. The highest BCUT2D eigenvalue weighted by Crippen LogP contribution is 2.31. The van der Waals surface area contributed by atoms with Crippen LogP contribution in [0.5, 0.6) is 0 Å². The molecule has 0 amide bonds. The summed E-state index contributed by atoms with van der Waals surface area (Å²) in [7, 11) is 2.04. The molecule has 0 aromatic carbocycles. The van der Waals surface area contributed by atoms with Crippen LogP contribution >= 0.6 is 0 Å². The number of nitrogens with zero attached hydrogens (tertiary/aromatic N) is 3. The van der Waals surface area contributed by atoms with E-state index in [0.717, 1.165) is 25.9 Å². The van der Waals surface area contributed by atoms with E-state index >= 15 is 0 Å². The molecule has 1 aliphatic carbocycles. The molecule has 18 heavy (non-hydrogen) atoms. The summed E-state index contributed by atoms with van der Waals surface area (Å²) in [6, 6.07) is 0. The molecule has 1 aromatic rings. The van der Waals surface area contributed by atoms with Gasteiger partial charge in [0.1, 0.15) is 11.9 Å². The second kappa shape index (κ2) is 4.78. The smallest absolute Gasteiger partial charge is 0.237 e. The summed E-state index contributed by atoms with van der Waals surface area (Å²) in [5, 5.41) is 3.96. The first-order chi connectivity index (χ1) is 8.74. The number of aromatic nitrogens is 2. The number of rotatable bonds is 2. The molecular weight excluding hydrogens is 234 g/mol. The van der Waals surface area contributed by atoms with E-state index in [0.29, 0.717) is 24.7 Å². The molecule has 0 radical (unpaired) electrons. The minimum Gasteiger partial charge on any atom is -0.367 e. The van der Waals surface area contributed by atoms with Crippen molar-refractivity contribution < 1.29 is 14.1 Å². The molecule has 2 unspecified atom stereocenters. The molecule has 3 rings (SSSR count). The first kappa shape index (κ1) is 11.8. The molecular formula is C12H17N3O3. The molecule has 2 aliphatic rings. The number of ether oxygens (including phenoxy) is 1. The number of carbonyl (C=O) groups excluding carboxylic acids is 1. The van der Waals surface area contributed by atoms with E-state index in [2.05, 4.69) is 15.0 Å². The Kier molecular flexibility index (Phi) is 3.13. The SMILES string of the molecule is CN1CCOC(c2noc(C3CCCC3=O)n2)C1. The Morgan fingerprint density at radius 1 is 1.44 bits per heavy atom. The molecule has 0 bridgehead atoms. The summed E-state index contributed by atoms with van der Waals surface area (Å²) in [6.45, 7) is 2.35. The van der Waals surface area contributed by atoms with E-state index in [9.17, 15) is 4.79 Å². The van der Waals surface area contributed by atoms with Gasteiger partial charge in [-0.15, -0.1) is 0 Å². The molecule has 6 heteroatoms. The number of Topliss-reactive ketones (excluding diaryl/α,β-unsaturated/α-hetero) is 1. The summed E-state index contributed by atoms with van der Waals surface area (Å²) in [5.41, 5.74) is 0. The van der Waals surface area contributed by atoms with Crippen LogP contribution in [0.4, 0.5) is 0 Å². The molecule has 2 atom stereocenters. The Bertz CT molecular complexity index is 446. The van der Waals surface area contributed by atoms with Crippen LogP contribution in [0.25, 0.3) is 0 Å². The van der Waals surface area contributed by atoms with E-state index in [-0.39, 0.29) is 17.8 Å². The van der Waals surface area contributed by atoms with Crippen molar-refractivity contribution in [3.63, 3.8) is 0 Å². The van der Waals surface area contributed by atoms with Gasteiger partial charge in [-0.2, -0.15) is 4.98 Å². The maximum Gasteiger partial charge on any atom is 0.237 e. The molecule has 1 saturated carbocycles. The van der Waals surface area contributed by atoms with Crippen LogP contribution in [-0.2, 0) is 9.53 Å². The van der Waals surface area contributed by atoms with Gasteiger partial charge in [0.15, 0.2) is 0 Å². The van der Waals surface area contributed by atoms with Crippen molar-refractivity contribution in [3.05, 3.63) is 11.7 Å². The Hall–Kier alpha value is -1.27. The summed E-state index contributed by atoms with van der Waals surface area (Å²) in [4.78, 5) is 18.2. The summed E-state index contributed by atoms with van der Waals surface area (Å²) in [5.74, 6) is 1.06. The van der Waals surface area contributed by atoms with Crippen LogP contribution in [0.15, 0.2) is 4.52 Å². The molecule has 2 fully saturated rings. The van der Waals surface area contributed by atoms with Crippen LogP contribution < -0.4 is 0 Å². The van der Waals surface area contributed by atoms with Gasteiger partial charge >= 0.3 is 0 Å². The average Bonchev–Trinajstić information content (AvgIpc) is 2.97. The van der Waals surface area contributed by atoms with E-state index in [1.54, 1.807) is 0 Å². The molecule has 98 valence electrons. The van der Waals surface area contributed by atoms with Crippen molar-refractivity contribution in [3.8, 4) is 0 Å². The summed E-state index contributed by atoms with van der Waals surface area (Å²) < 4.78 is 10.9. The van der Waals surface area contributed by atoms with Crippen LogP contribution in [0, 0.1) is 0 Å². The van der Waals surface area contributed by atoms with Crippen molar-refractivity contribution >= 4 is 5.78 Å². The van der Waals surface area contributed by atoms with Gasteiger partial charge in [0.05, 0.1) is 12.5 Å². The van der Waals surface area contributed by atoms with E-state index < -0.39 is 0 Å². The third-order valence-electron chi connectivity index (χ3n) is 3.62. The van der Waals surface area contributed by atoms with E-state index in [1.807, 2.05) is 7.05 Å². The summed E-state index contributed by atoms with van der Waals surface area (Å²) >= 11 is 0. The maximum atomic E-state index is 11.6. The van der Waals surface area contributed by atoms with E-state index in [4.69, 9.17) is 9.26 Å². The second-order valence-electron chi connectivity index (χ2n) is 5.02. The Labute approximate surface area is 105 Å². The first-order valence-electron chi connectivity index (χ1n) is 6.40. The van der Waals surface area contributed by atoms with Crippen molar-refractivity contribution in [1.82, 2.24) is 15.0 Å². The molecule has 6 nitrogen and oxygen atoms in total. The van der Waals surface area contributed by atoms with Crippen LogP contribution in [0.3, 0.4) is 0 Å². The average molecular weight is 251 g/mol. The number of hydrogen-bond donors (Lipinski definition) is 0.